The summed E-state index contributed by atoms with van der Waals surface area (Å²) in [7, 11) is 0. The molecule has 3 rings (SSSR count). The van der Waals surface area contributed by atoms with Gasteiger partial charge in [0.1, 0.15) is 23.5 Å². The van der Waals surface area contributed by atoms with Crippen molar-refractivity contribution >= 4 is 0 Å². The minimum Gasteiger partial charge on any atom is -0.485 e. The number of benzene rings is 2. The lowest BCUT2D eigenvalue weighted by molar-refractivity contribution is 0.143. The zero-order valence-electron chi connectivity index (χ0n) is 11.6. The summed E-state index contributed by atoms with van der Waals surface area (Å²) >= 11 is 0. The maximum atomic E-state index is 13.3. The third kappa shape index (κ3) is 3.39. The van der Waals surface area contributed by atoms with E-state index in [1.807, 2.05) is 30.3 Å². The molecule has 2 aromatic carbocycles. The molecule has 0 spiro atoms. The SMILES string of the molecule is Fc1cc(F)cc(O[C@H](c2ccccc2)[C@@H]2CCNC2)c1. The lowest BCUT2D eigenvalue weighted by Crippen LogP contribution is -2.21. The van der Waals surface area contributed by atoms with Gasteiger partial charge in [0.05, 0.1) is 0 Å². The number of ether oxygens (including phenoxy) is 1. The molecule has 1 N–H and O–H groups in total. The average Bonchev–Trinajstić information content (AvgIpc) is 2.98. The van der Waals surface area contributed by atoms with Crippen LogP contribution in [0.2, 0.25) is 0 Å². The average molecular weight is 289 g/mol. The minimum absolute atomic E-state index is 0.206. The number of nitrogens with one attached hydrogen (secondary N) is 1. The van der Waals surface area contributed by atoms with Crippen LogP contribution < -0.4 is 10.1 Å². The molecule has 0 aromatic heterocycles. The number of halogens is 2. The van der Waals surface area contributed by atoms with E-state index in [9.17, 15) is 8.78 Å². The highest BCUT2D eigenvalue weighted by atomic mass is 19.1. The van der Waals surface area contributed by atoms with Gasteiger partial charge < -0.3 is 10.1 Å². The topological polar surface area (TPSA) is 21.3 Å². The Balaban J connectivity index is 1.88. The van der Waals surface area contributed by atoms with Gasteiger partial charge in [-0.15, -0.1) is 0 Å². The predicted octanol–water partition coefficient (Wildman–Crippen LogP) is 3.69. The summed E-state index contributed by atoms with van der Waals surface area (Å²) in [6.07, 6.45) is 0.777. The zero-order chi connectivity index (χ0) is 14.7. The van der Waals surface area contributed by atoms with E-state index in [2.05, 4.69) is 5.32 Å². The van der Waals surface area contributed by atoms with Gasteiger partial charge in [0.2, 0.25) is 0 Å². The first-order chi connectivity index (χ1) is 10.2. The first kappa shape index (κ1) is 14.0. The van der Waals surface area contributed by atoms with Crippen LogP contribution in [0.1, 0.15) is 18.1 Å². The Morgan fingerprint density at radius 3 is 2.38 bits per heavy atom. The van der Waals surface area contributed by atoms with E-state index in [1.165, 1.54) is 12.1 Å². The van der Waals surface area contributed by atoms with Crippen molar-refractivity contribution in [2.75, 3.05) is 13.1 Å². The lowest BCUT2D eigenvalue weighted by atomic mass is 9.95. The van der Waals surface area contributed by atoms with Crippen molar-refractivity contribution in [2.24, 2.45) is 5.92 Å². The van der Waals surface area contributed by atoms with Crippen molar-refractivity contribution in [1.82, 2.24) is 5.32 Å². The van der Waals surface area contributed by atoms with Crippen LogP contribution in [0.25, 0.3) is 0 Å². The van der Waals surface area contributed by atoms with E-state index in [0.717, 1.165) is 31.1 Å². The Morgan fingerprint density at radius 2 is 1.76 bits per heavy atom. The molecule has 0 radical (unpaired) electrons. The van der Waals surface area contributed by atoms with E-state index < -0.39 is 11.6 Å². The highest BCUT2D eigenvalue weighted by Crippen LogP contribution is 2.32. The molecule has 0 saturated carbocycles. The highest BCUT2D eigenvalue weighted by Gasteiger charge is 2.28. The molecular formula is C17H17F2NO. The summed E-state index contributed by atoms with van der Waals surface area (Å²) in [5, 5.41) is 3.30. The van der Waals surface area contributed by atoms with Crippen LogP contribution in [-0.2, 0) is 0 Å². The van der Waals surface area contributed by atoms with Gasteiger partial charge in [-0.2, -0.15) is 0 Å². The van der Waals surface area contributed by atoms with Crippen molar-refractivity contribution in [1.29, 1.82) is 0 Å². The summed E-state index contributed by atoms with van der Waals surface area (Å²) < 4.78 is 32.6. The van der Waals surface area contributed by atoms with Crippen LogP contribution in [0, 0.1) is 17.6 Å². The summed E-state index contributed by atoms with van der Waals surface area (Å²) in [5.41, 5.74) is 1.02. The van der Waals surface area contributed by atoms with Gasteiger partial charge in [0, 0.05) is 30.7 Å². The summed E-state index contributed by atoms with van der Waals surface area (Å²) in [4.78, 5) is 0. The molecule has 21 heavy (non-hydrogen) atoms. The van der Waals surface area contributed by atoms with E-state index in [4.69, 9.17) is 4.74 Å². The first-order valence-corrected chi connectivity index (χ1v) is 7.11. The molecule has 2 aromatic rings. The van der Waals surface area contributed by atoms with E-state index >= 15 is 0 Å². The molecule has 0 amide bonds. The zero-order valence-corrected chi connectivity index (χ0v) is 11.6. The van der Waals surface area contributed by atoms with Gasteiger partial charge in [-0.25, -0.2) is 8.78 Å². The molecule has 1 aliphatic rings. The van der Waals surface area contributed by atoms with E-state index in [0.29, 0.717) is 5.92 Å². The summed E-state index contributed by atoms with van der Waals surface area (Å²) in [6.45, 7) is 1.78. The quantitative estimate of drug-likeness (QED) is 0.926. The van der Waals surface area contributed by atoms with Crippen molar-refractivity contribution in [3.05, 3.63) is 65.7 Å². The van der Waals surface area contributed by atoms with Crippen molar-refractivity contribution in [3.8, 4) is 5.75 Å². The highest BCUT2D eigenvalue weighted by molar-refractivity contribution is 5.27. The number of hydrogen-bond acceptors (Lipinski definition) is 2. The maximum Gasteiger partial charge on any atom is 0.129 e. The summed E-state index contributed by atoms with van der Waals surface area (Å²) in [5.74, 6) is -0.727. The predicted molar refractivity (Wildman–Crippen MR) is 77.1 cm³/mol. The van der Waals surface area contributed by atoms with Crippen molar-refractivity contribution < 1.29 is 13.5 Å². The van der Waals surface area contributed by atoms with Gasteiger partial charge in [-0.05, 0) is 18.5 Å². The smallest absolute Gasteiger partial charge is 0.129 e. The second kappa shape index (κ2) is 6.22. The molecule has 1 aliphatic heterocycles. The number of rotatable bonds is 4. The first-order valence-electron chi connectivity index (χ1n) is 7.11. The van der Waals surface area contributed by atoms with Gasteiger partial charge >= 0.3 is 0 Å². The second-order valence-corrected chi connectivity index (χ2v) is 5.31. The van der Waals surface area contributed by atoms with E-state index in [-0.39, 0.29) is 11.9 Å². The fraction of sp³-hybridized carbons (Fsp3) is 0.294. The normalized spacial score (nSPS) is 19.4. The number of hydrogen-bond donors (Lipinski definition) is 1. The van der Waals surface area contributed by atoms with Crippen LogP contribution in [-0.4, -0.2) is 13.1 Å². The molecule has 0 aliphatic carbocycles. The molecule has 1 heterocycles. The fourth-order valence-corrected chi connectivity index (χ4v) is 2.76. The molecule has 0 bridgehead atoms. The van der Waals surface area contributed by atoms with Gasteiger partial charge in [0.25, 0.3) is 0 Å². The van der Waals surface area contributed by atoms with Crippen molar-refractivity contribution in [2.45, 2.75) is 12.5 Å². The Hall–Kier alpha value is -1.94. The molecule has 110 valence electrons. The molecule has 1 fully saturated rings. The van der Waals surface area contributed by atoms with E-state index in [1.54, 1.807) is 0 Å². The molecule has 2 atom stereocenters. The molecule has 1 saturated heterocycles. The molecular weight excluding hydrogens is 272 g/mol. The Labute approximate surface area is 122 Å². The van der Waals surface area contributed by atoms with Gasteiger partial charge in [-0.3, -0.25) is 0 Å². The third-order valence-electron chi connectivity index (χ3n) is 3.75. The van der Waals surface area contributed by atoms with Crippen LogP contribution >= 0.6 is 0 Å². The standard InChI is InChI=1S/C17H17F2NO/c18-14-8-15(19)10-16(9-14)21-17(13-6-7-20-11-13)12-4-2-1-3-5-12/h1-5,8-10,13,17,20H,6-7,11H2/t13-,17-/m1/s1. The lowest BCUT2D eigenvalue weighted by Gasteiger charge is -2.25. The Bertz CT molecular complexity index is 577. The maximum absolute atomic E-state index is 13.3. The van der Waals surface area contributed by atoms with Crippen molar-refractivity contribution in [3.63, 3.8) is 0 Å². The largest absolute Gasteiger partial charge is 0.485 e. The fourth-order valence-electron chi connectivity index (χ4n) is 2.76. The molecule has 4 heteroatoms. The minimum atomic E-state index is -0.624. The Morgan fingerprint density at radius 1 is 1.05 bits per heavy atom. The van der Waals surface area contributed by atoms with Crippen LogP contribution in [0.4, 0.5) is 8.78 Å². The summed E-state index contributed by atoms with van der Waals surface area (Å²) in [6, 6.07) is 13.1. The van der Waals surface area contributed by atoms with Crippen LogP contribution in [0.15, 0.2) is 48.5 Å². The molecule has 0 unspecified atom stereocenters. The second-order valence-electron chi connectivity index (χ2n) is 5.31. The van der Waals surface area contributed by atoms with Crippen LogP contribution in [0.5, 0.6) is 5.75 Å². The van der Waals surface area contributed by atoms with Crippen LogP contribution in [0.3, 0.4) is 0 Å². The van der Waals surface area contributed by atoms with Gasteiger partial charge in [0.15, 0.2) is 0 Å². The Kier molecular flexibility index (Phi) is 4.15. The monoisotopic (exact) mass is 289 g/mol. The molecule has 2 nitrogen and oxygen atoms in total. The third-order valence-corrected chi connectivity index (χ3v) is 3.75. The van der Waals surface area contributed by atoms with Gasteiger partial charge in [-0.1, -0.05) is 30.3 Å².